The van der Waals surface area contributed by atoms with Crippen LogP contribution in [0.25, 0.3) is 0 Å². The molecule has 1 N–H and O–H groups in total. The van der Waals surface area contributed by atoms with Gasteiger partial charge in [-0.05, 0) is 26.1 Å². The normalized spacial score (nSPS) is 23.8. The summed E-state index contributed by atoms with van der Waals surface area (Å²) in [5.74, 6) is 0. The van der Waals surface area contributed by atoms with Crippen molar-refractivity contribution in [3.63, 3.8) is 0 Å². The first kappa shape index (κ1) is 9.96. The molecular weight excluding hydrogens is 152 g/mol. The summed E-state index contributed by atoms with van der Waals surface area (Å²) in [5.41, 5.74) is 0. The second-order valence-electron chi connectivity index (χ2n) is 3.15. The second kappa shape index (κ2) is 6.40. The Morgan fingerprint density at radius 1 is 1.33 bits per heavy atom. The zero-order valence-electron chi connectivity index (χ0n) is 8.01. The minimum Gasteiger partial charge on any atom is -0.379 e. The molecule has 3 heteroatoms. The van der Waals surface area contributed by atoms with Gasteiger partial charge >= 0.3 is 0 Å². The van der Waals surface area contributed by atoms with Crippen molar-refractivity contribution in [1.29, 1.82) is 0 Å². The van der Waals surface area contributed by atoms with Crippen LogP contribution in [-0.4, -0.2) is 50.8 Å². The van der Waals surface area contributed by atoms with Crippen LogP contribution in [0, 0.1) is 0 Å². The molecule has 0 aromatic rings. The maximum absolute atomic E-state index is 5.44. The van der Waals surface area contributed by atoms with Crippen LogP contribution in [0.2, 0.25) is 0 Å². The molecule has 0 saturated carbocycles. The summed E-state index contributed by atoms with van der Waals surface area (Å²) in [4.78, 5) is 2.44. The van der Waals surface area contributed by atoms with Crippen LogP contribution < -0.4 is 5.32 Å². The van der Waals surface area contributed by atoms with E-state index in [2.05, 4.69) is 17.1 Å². The Morgan fingerprint density at radius 3 is 3.08 bits per heavy atom. The molecule has 0 amide bonds. The van der Waals surface area contributed by atoms with Crippen LogP contribution in [0.1, 0.15) is 14.8 Å². The van der Waals surface area contributed by atoms with Crippen molar-refractivity contribution in [2.45, 2.75) is 13.3 Å². The summed E-state index contributed by atoms with van der Waals surface area (Å²) in [5, 5.41) is 3.35. The molecule has 3 nitrogen and oxygen atoms in total. The zero-order valence-corrected chi connectivity index (χ0v) is 8.01. The third-order valence-electron chi connectivity index (χ3n) is 2.25. The fourth-order valence-corrected chi connectivity index (χ4v) is 1.42. The predicted molar refractivity (Wildman–Crippen MR) is 52.5 cm³/mol. The van der Waals surface area contributed by atoms with Crippen molar-refractivity contribution in [2.75, 3.05) is 45.9 Å². The van der Waals surface area contributed by atoms with Gasteiger partial charge < -0.3 is 15.0 Å². The van der Waals surface area contributed by atoms with Gasteiger partial charge in [-0.2, -0.15) is 0 Å². The first-order chi connectivity index (χ1) is 5.93. The van der Waals surface area contributed by atoms with Crippen molar-refractivity contribution >= 4 is 0 Å². The molecule has 0 aromatic carbocycles. The molecule has 1 rings (SSSR count). The van der Waals surface area contributed by atoms with E-state index in [9.17, 15) is 0 Å². The molecule has 0 unspecified atom stereocenters. The summed E-state index contributed by atoms with van der Waals surface area (Å²) in [7, 11) is 0. The molecule has 0 aromatic heterocycles. The van der Waals surface area contributed by atoms with Crippen LogP contribution in [-0.2, 0) is 4.74 Å². The molecule has 1 aliphatic heterocycles. The lowest BCUT2D eigenvalue weighted by Crippen LogP contribution is -2.33. The Kier molecular flexibility index (Phi) is 5.32. The lowest BCUT2D eigenvalue weighted by molar-refractivity contribution is 0.101. The van der Waals surface area contributed by atoms with Gasteiger partial charge in [0, 0.05) is 14.5 Å². The highest BCUT2D eigenvalue weighted by atomic mass is 16.5. The molecule has 74 valence electrons. The first-order valence-electron chi connectivity index (χ1n) is 4.94. The molecule has 1 saturated heterocycles. The fraction of sp³-hybridized carbons (Fsp3) is 1.00. The van der Waals surface area contributed by atoms with Gasteiger partial charge in [-0.25, -0.2) is 0 Å². The number of rotatable bonds is 1. The Labute approximate surface area is 76.6 Å². The van der Waals surface area contributed by atoms with E-state index in [0.29, 0.717) is 0 Å². The monoisotopic (exact) mass is 174 g/mol. The Bertz CT molecular complexity index is 104. The average molecular weight is 174 g/mol. The molecule has 0 atom stereocenters. The molecule has 0 bridgehead atoms. The minimum atomic E-state index is 0. The summed E-state index contributed by atoms with van der Waals surface area (Å²) in [6, 6.07) is 0. The van der Waals surface area contributed by atoms with Gasteiger partial charge in [0.2, 0.25) is 0 Å². The third-order valence-corrected chi connectivity index (χ3v) is 2.25. The molecule has 1 aliphatic rings. The van der Waals surface area contributed by atoms with Crippen LogP contribution in [0.4, 0.5) is 0 Å². The first-order valence-corrected chi connectivity index (χ1v) is 4.94. The molecule has 1 fully saturated rings. The molecule has 12 heavy (non-hydrogen) atoms. The molecule has 1 heterocycles. The largest absolute Gasteiger partial charge is 0.379 e. The van der Waals surface area contributed by atoms with Gasteiger partial charge in [-0.1, -0.05) is 6.92 Å². The molecule has 0 radical (unpaired) electrons. The molecule has 0 aliphatic carbocycles. The third kappa shape index (κ3) is 4.04. The highest BCUT2D eigenvalue weighted by Crippen LogP contribution is 1.92. The van der Waals surface area contributed by atoms with Crippen molar-refractivity contribution in [3.05, 3.63) is 0 Å². The van der Waals surface area contributed by atoms with E-state index in [-0.39, 0.29) is 1.43 Å². The SMILES string of the molecule is CCN1CCCNCCOCC1.[HH]. The highest BCUT2D eigenvalue weighted by Gasteiger charge is 2.02. The number of hydrogen-bond acceptors (Lipinski definition) is 3. The van der Waals surface area contributed by atoms with Gasteiger partial charge in [0.1, 0.15) is 0 Å². The van der Waals surface area contributed by atoms with E-state index in [0.717, 1.165) is 39.4 Å². The smallest absolute Gasteiger partial charge is 0.0594 e. The summed E-state index contributed by atoms with van der Waals surface area (Å²) in [6.45, 7) is 9.52. The van der Waals surface area contributed by atoms with E-state index in [1.165, 1.54) is 13.0 Å². The van der Waals surface area contributed by atoms with Crippen molar-refractivity contribution < 1.29 is 6.16 Å². The van der Waals surface area contributed by atoms with Crippen molar-refractivity contribution in [3.8, 4) is 0 Å². The average Bonchev–Trinajstić information content (AvgIpc) is 2.14. The van der Waals surface area contributed by atoms with Crippen LogP contribution >= 0.6 is 0 Å². The van der Waals surface area contributed by atoms with Crippen molar-refractivity contribution in [2.24, 2.45) is 0 Å². The number of nitrogens with zero attached hydrogens (tertiary/aromatic N) is 1. The summed E-state index contributed by atoms with van der Waals surface area (Å²) < 4.78 is 5.44. The number of nitrogens with one attached hydrogen (secondary N) is 1. The van der Waals surface area contributed by atoms with Crippen LogP contribution in [0.3, 0.4) is 0 Å². The lowest BCUT2D eigenvalue weighted by atomic mass is 10.3. The molecule has 0 spiro atoms. The van der Waals surface area contributed by atoms with E-state index < -0.39 is 0 Å². The Balaban J connectivity index is 0.00000144. The maximum Gasteiger partial charge on any atom is 0.0594 e. The maximum atomic E-state index is 5.44. The van der Waals surface area contributed by atoms with Crippen LogP contribution in [0.15, 0.2) is 0 Å². The Morgan fingerprint density at radius 2 is 2.25 bits per heavy atom. The minimum absolute atomic E-state index is 0. The van der Waals surface area contributed by atoms with Gasteiger partial charge in [0.15, 0.2) is 0 Å². The van der Waals surface area contributed by atoms with E-state index >= 15 is 0 Å². The van der Waals surface area contributed by atoms with Gasteiger partial charge in [-0.15, -0.1) is 0 Å². The van der Waals surface area contributed by atoms with Gasteiger partial charge in [0.05, 0.1) is 13.2 Å². The van der Waals surface area contributed by atoms with E-state index in [4.69, 9.17) is 4.74 Å². The number of likely N-dealkylation sites (N-methyl/N-ethyl adjacent to an activating group) is 1. The fourth-order valence-electron chi connectivity index (χ4n) is 1.42. The Hall–Kier alpha value is -0.120. The van der Waals surface area contributed by atoms with Crippen molar-refractivity contribution in [1.82, 2.24) is 10.2 Å². The summed E-state index contributed by atoms with van der Waals surface area (Å²) >= 11 is 0. The van der Waals surface area contributed by atoms with Gasteiger partial charge in [0.25, 0.3) is 0 Å². The summed E-state index contributed by atoms with van der Waals surface area (Å²) in [6.07, 6.45) is 1.26. The number of ether oxygens (including phenoxy) is 1. The zero-order chi connectivity index (χ0) is 8.65. The van der Waals surface area contributed by atoms with Crippen LogP contribution in [0.5, 0.6) is 0 Å². The predicted octanol–water partition coefficient (Wildman–Crippen LogP) is 0.564. The quantitative estimate of drug-likeness (QED) is 0.629. The van der Waals surface area contributed by atoms with E-state index in [1.807, 2.05) is 0 Å². The number of hydrogen-bond donors (Lipinski definition) is 1. The lowest BCUT2D eigenvalue weighted by Gasteiger charge is -2.21. The molecular formula is C9H22N2O. The standard InChI is InChI=1S/C9H20N2O.H2/c1-2-11-6-3-4-10-5-8-12-9-7-11;/h10H,2-9H2,1H3;1H. The van der Waals surface area contributed by atoms with Gasteiger partial charge in [-0.3, -0.25) is 0 Å². The second-order valence-corrected chi connectivity index (χ2v) is 3.15. The topological polar surface area (TPSA) is 24.5 Å². The van der Waals surface area contributed by atoms with E-state index in [1.54, 1.807) is 0 Å². The highest BCUT2D eigenvalue weighted by molar-refractivity contribution is 4.58.